The van der Waals surface area contributed by atoms with E-state index in [4.69, 9.17) is 0 Å². The smallest absolute Gasteiger partial charge is 0.0326 e. The Kier molecular flexibility index (Phi) is 109. The van der Waals surface area contributed by atoms with Crippen LogP contribution < -0.4 is 0 Å². The van der Waals surface area contributed by atoms with E-state index in [0.29, 0.717) is 0 Å². The second-order valence-electron chi connectivity index (χ2n) is 23.6. The van der Waals surface area contributed by atoms with Crippen LogP contribution in [0.2, 0.25) is 0 Å². The van der Waals surface area contributed by atoms with Gasteiger partial charge in [-0.15, -0.1) is 5.73 Å². The van der Waals surface area contributed by atoms with Crippen molar-refractivity contribution < 1.29 is 0 Å². The highest BCUT2D eigenvalue weighted by Crippen LogP contribution is 2.46. The molecule has 0 spiro atoms. The average Bonchev–Trinajstić information content (AvgIpc) is 4.17. The molecule has 5 unspecified atom stereocenters. The highest BCUT2D eigenvalue weighted by atomic mass is 14.4. The molecule has 0 heterocycles. The van der Waals surface area contributed by atoms with Crippen LogP contribution in [-0.2, 0) is 0 Å². The van der Waals surface area contributed by atoms with E-state index in [1.54, 1.807) is 12.5 Å². The average molecular weight is 1060 g/mol. The largest absolute Gasteiger partial charge is 0.133 e. The first kappa shape index (κ1) is 90.8. The summed E-state index contributed by atoms with van der Waals surface area (Å²) >= 11 is 0. The summed E-state index contributed by atoms with van der Waals surface area (Å²) in [7, 11) is 0. The third kappa shape index (κ3) is 110. The number of unbranched alkanes of at least 4 members (excludes halogenated alkanes) is 25. The molecule has 0 heteroatoms. The van der Waals surface area contributed by atoms with E-state index in [1.807, 2.05) is 20.8 Å². The molecule has 0 aromatic carbocycles. The first-order valence-electron chi connectivity index (χ1n) is 35.2. The molecular formula is C75H160. The Morgan fingerprint density at radius 2 is 0.707 bits per heavy atom. The fourth-order valence-electron chi connectivity index (χ4n) is 8.45. The van der Waals surface area contributed by atoms with Crippen LogP contribution in [0, 0.1) is 35.5 Å². The topological polar surface area (TPSA) is 0 Å². The molecule has 0 bridgehead atoms. The molecule has 0 N–H and O–H groups in total. The molecule has 5 atom stereocenters. The fourth-order valence-corrected chi connectivity index (χ4v) is 8.45. The summed E-state index contributed by atoms with van der Waals surface area (Å²) in [5, 5.41) is 0. The standard InChI is InChI=1S/C13H26.C12H26.2C11H24.C10H22.C7H14.C5H12.C4H6.C2H6/c1-4-6-7-8-12-10-13(12)9-11(3)5-2;1-4-6-7-8-9-10-11-12(3)5-2;2*1-3-5-7-9-11-10-8-6-4-2;1-4-6-7-9-10(3)8-5-2;1-4-6-7(3)5-2;1-4-5(2)3;1-3-4-2;1-2/h11-13H,4-10H2,1-3H3;12H,4-11H2,1-3H3;2*3-11H2,1-2H3;10H,4-9H2,1-3H3;3-6H2,1-2H3;5H,4H2,1-3H3;4H,1H2,2H3;1-2H3. The molecule has 0 radical (unpaired) electrons. The lowest BCUT2D eigenvalue weighted by atomic mass is 9.99. The molecule has 0 nitrogen and oxygen atoms in total. The Bertz CT molecular complexity index is 884. The predicted molar refractivity (Wildman–Crippen MR) is 361 cm³/mol. The predicted octanol–water partition coefficient (Wildman–Crippen LogP) is 29.7. The van der Waals surface area contributed by atoms with Gasteiger partial charge in [0.25, 0.3) is 0 Å². The van der Waals surface area contributed by atoms with Crippen LogP contribution in [0.25, 0.3) is 0 Å². The third-order valence-corrected chi connectivity index (χ3v) is 15.0. The quantitative estimate of drug-likeness (QED) is 0.0325. The lowest BCUT2D eigenvalue weighted by molar-refractivity contribution is 0.452. The van der Waals surface area contributed by atoms with Crippen LogP contribution in [0.1, 0.15) is 421 Å². The Balaban J connectivity index is -0.000000116. The molecule has 1 rings (SSSR count). The van der Waals surface area contributed by atoms with Crippen LogP contribution in [0.3, 0.4) is 0 Å². The number of hydrogen-bond donors (Lipinski definition) is 0. The van der Waals surface area contributed by atoms with Crippen LogP contribution in [0.4, 0.5) is 0 Å². The number of rotatable bonds is 41. The van der Waals surface area contributed by atoms with Gasteiger partial charge in [-0.2, -0.15) is 0 Å². The summed E-state index contributed by atoms with van der Waals surface area (Å²) < 4.78 is 0. The minimum absolute atomic E-state index is 0.884. The van der Waals surface area contributed by atoms with Crippen molar-refractivity contribution in [2.24, 2.45) is 35.5 Å². The fraction of sp³-hybridized carbons (Fsp3) is 0.933. The SMILES string of the molecule is C=C(CC)CCC.C=C=CC.CC.CCC(C)C.CCCCCC(C)CCC.CCCCCC1CC1CC(C)CC.CCCCCCCCC(C)CC.CCCCCCCCCCC.CCCCCCCCCCC. The van der Waals surface area contributed by atoms with Gasteiger partial charge in [0.05, 0.1) is 0 Å². The van der Waals surface area contributed by atoms with E-state index in [9.17, 15) is 0 Å². The van der Waals surface area contributed by atoms with Gasteiger partial charge >= 0.3 is 0 Å². The van der Waals surface area contributed by atoms with Crippen molar-refractivity contribution in [1.29, 1.82) is 0 Å². The van der Waals surface area contributed by atoms with E-state index >= 15 is 0 Å². The second-order valence-corrected chi connectivity index (χ2v) is 23.6. The Morgan fingerprint density at radius 3 is 0.987 bits per heavy atom. The van der Waals surface area contributed by atoms with E-state index in [0.717, 1.165) is 41.9 Å². The minimum atomic E-state index is 0.884. The van der Waals surface area contributed by atoms with Crippen molar-refractivity contribution in [3.63, 3.8) is 0 Å². The molecule has 1 aliphatic carbocycles. The zero-order chi connectivity index (χ0) is 58.9. The molecule has 0 aromatic heterocycles. The van der Waals surface area contributed by atoms with Crippen molar-refractivity contribution in [1.82, 2.24) is 0 Å². The summed E-state index contributed by atoms with van der Waals surface area (Å²) in [5.74, 6) is 6.02. The van der Waals surface area contributed by atoms with Crippen molar-refractivity contribution in [3.05, 3.63) is 30.5 Å². The van der Waals surface area contributed by atoms with Gasteiger partial charge in [0.1, 0.15) is 0 Å². The molecule has 1 aliphatic rings. The first-order valence-corrected chi connectivity index (χ1v) is 35.2. The second kappa shape index (κ2) is 89.8. The lowest BCUT2D eigenvalue weighted by Crippen LogP contribution is -1.94. The number of hydrogen-bond acceptors (Lipinski definition) is 0. The van der Waals surface area contributed by atoms with E-state index in [2.05, 4.69) is 144 Å². The van der Waals surface area contributed by atoms with E-state index in [-0.39, 0.29) is 0 Å². The van der Waals surface area contributed by atoms with Crippen molar-refractivity contribution >= 4 is 0 Å². The van der Waals surface area contributed by atoms with Crippen molar-refractivity contribution in [2.75, 3.05) is 0 Å². The maximum absolute atomic E-state index is 3.86. The molecule has 75 heavy (non-hydrogen) atoms. The first-order chi connectivity index (χ1) is 36.2. The summed E-state index contributed by atoms with van der Waals surface area (Å²) in [6.07, 6.45) is 62.7. The Hall–Kier alpha value is -0.740. The number of allylic oxidation sites excluding steroid dienone is 2. The summed E-state index contributed by atoms with van der Waals surface area (Å²) in [6, 6.07) is 0. The molecule has 460 valence electrons. The minimum Gasteiger partial charge on any atom is -0.133 e. The monoisotopic (exact) mass is 1060 g/mol. The van der Waals surface area contributed by atoms with E-state index < -0.39 is 0 Å². The molecule has 0 amide bonds. The van der Waals surface area contributed by atoms with Gasteiger partial charge in [0.2, 0.25) is 0 Å². The molecular weight excluding hydrogens is 901 g/mol. The zero-order valence-electron chi connectivity index (χ0n) is 57.9. The van der Waals surface area contributed by atoms with Gasteiger partial charge < -0.3 is 0 Å². The molecule has 0 aromatic rings. The normalized spacial score (nSPS) is 13.7. The maximum Gasteiger partial charge on any atom is -0.0326 e. The highest BCUT2D eigenvalue weighted by molar-refractivity contribution is 4.91. The molecule has 0 saturated heterocycles. The van der Waals surface area contributed by atoms with Gasteiger partial charge in [0, 0.05) is 0 Å². The summed E-state index contributed by atoms with van der Waals surface area (Å²) in [5.41, 5.74) is 3.93. The van der Waals surface area contributed by atoms with Crippen LogP contribution in [0.5, 0.6) is 0 Å². The third-order valence-electron chi connectivity index (χ3n) is 15.0. The molecule has 1 saturated carbocycles. The van der Waals surface area contributed by atoms with Crippen LogP contribution >= 0.6 is 0 Å². The lowest BCUT2D eigenvalue weighted by Gasteiger charge is -2.07. The maximum atomic E-state index is 3.86. The Morgan fingerprint density at radius 1 is 0.400 bits per heavy atom. The van der Waals surface area contributed by atoms with Gasteiger partial charge in [-0.05, 0) is 74.2 Å². The summed E-state index contributed by atoms with van der Waals surface area (Å²) in [6.45, 7) is 54.0. The summed E-state index contributed by atoms with van der Waals surface area (Å²) in [4.78, 5) is 0. The van der Waals surface area contributed by atoms with Crippen molar-refractivity contribution in [3.8, 4) is 0 Å². The van der Waals surface area contributed by atoms with Crippen molar-refractivity contribution in [2.45, 2.75) is 421 Å². The van der Waals surface area contributed by atoms with Crippen LogP contribution in [-0.4, -0.2) is 0 Å². The van der Waals surface area contributed by atoms with E-state index in [1.165, 1.54) is 269 Å². The molecule has 1 fully saturated rings. The molecule has 0 aliphatic heterocycles. The van der Waals surface area contributed by atoms with Gasteiger partial charge in [-0.25, -0.2) is 0 Å². The highest BCUT2D eigenvalue weighted by Gasteiger charge is 2.36. The Labute approximate surface area is 485 Å². The van der Waals surface area contributed by atoms with Gasteiger partial charge in [0.15, 0.2) is 0 Å². The van der Waals surface area contributed by atoms with Gasteiger partial charge in [-0.1, -0.05) is 408 Å². The zero-order valence-corrected chi connectivity index (χ0v) is 57.9. The van der Waals surface area contributed by atoms with Crippen LogP contribution in [0.15, 0.2) is 30.5 Å². The van der Waals surface area contributed by atoms with Gasteiger partial charge in [-0.3, -0.25) is 0 Å².